The van der Waals surface area contributed by atoms with Gasteiger partial charge in [0.2, 0.25) is 0 Å². The van der Waals surface area contributed by atoms with Gasteiger partial charge in [0.05, 0.1) is 22.9 Å². The third kappa shape index (κ3) is 3.11. The number of nitrogens with one attached hydrogen (secondary N) is 1. The molecule has 0 saturated heterocycles. The van der Waals surface area contributed by atoms with Crippen LogP contribution in [0.15, 0.2) is 23.1 Å². The molecule has 16 heavy (non-hydrogen) atoms. The predicted molar refractivity (Wildman–Crippen MR) is 64.1 cm³/mol. The van der Waals surface area contributed by atoms with E-state index in [0.717, 1.165) is 6.26 Å². The topological polar surface area (TPSA) is 92.4 Å². The van der Waals surface area contributed by atoms with E-state index in [1.165, 1.54) is 12.1 Å². The number of aliphatic hydroxyl groups excluding tert-OH is 1. The number of anilines is 2. The molecule has 0 aliphatic rings. The Morgan fingerprint density at radius 3 is 2.56 bits per heavy atom. The highest BCUT2D eigenvalue weighted by atomic mass is 32.2. The number of nitrogens with two attached hydrogens (primary N) is 1. The lowest BCUT2D eigenvalue weighted by molar-refractivity contribution is 0.281. The molecule has 1 aromatic rings. The molecule has 1 rings (SSSR count). The van der Waals surface area contributed by atoms with Gasteiger partial charge in [-0.25, -0.2) is 8.42 Å². The van der Waals surface area contributed by atoms with Crippen LogP contribution in [-0.2, 0) is 9.84 Å². The molecule has 0 heterocycles. The molecule has 4 N–H and O–H groups in total. The molecule has 0 aliphatic carbocycles. The van der Waals surface area contributed by atoms with Gasteiger partial charge < -0.3 is 16.2 Å². The monoisotopic (exact) mass is 244 g/mol. The number of hydrogen-bond donors (Lipinski definition) is 3. The van der Waals surface area contributed by atoms with Crippen molar-refractivity contribution in [1.82, 2.24) is 0 Å². The Morgan fingerprint density at radius 2 is 2.12 bits per heavy atom. The highest BCUT2D eigenvalue weighted by Crippen LogP contribution is 2.23. The fourth-order valence-electron chi connectivity index (χ4n) is 1.21. The van der Waals surface area contributed by atoms with Crippen LogP contribution in [0.2, 0.25) is 0 Å². The number of aliphatic hydroxyl groups is 1. The van der Waals surface area contributed by atoms with Gasteiger partial charge in [-0.1, -0.05) is 0 Å². The van der Waals surface area contributed by atoms with E-state index in [-0.39, 0.29) is 17.5 Å². The number of sulfone groups is 1. The third-order valence-electron chi connectivity index (χ3n) is 2.13. The first-order chi connectivity index (χ1) is 7.34. The third-order valence-corrected chi connectivity index (χ3v) is 3.24. The van der Waals surface area contributed by atoms with E-state index < -0.39 is 9.84 Å². The molecule has 0 amide bonds. The zero-order valence-electron chi connectivity index (χ0n) is 9.27. The first-order valence-electron chi connectivity index (χ1n) is 4.81. The van der Waals surface area contributed by atoms with Crippen molar-refractivity contribution in [2.45, 2.75) is 17.9 Å². The van der Waals surface area contributed by atoms with Crippen molar-refractivity contribution in [2.24, 2.45) is 0 Å². The molecule has 90 valence electrons. The minimum Gasteiger partial charge on any atom is -0.397 e. The second kappa shape index (κ2) is 4.71. The van der Waals surface area contributed by atoms with Crippen LogP contribution >= 0.6 is 0 Å². The van der Waals surface area contributed by atoms with Crippen LogP contribution in [0.5, 0.6) is 0 Å². The Kier molecular flexibility index (Phi) is 3.77. The maximum Gasteiger partial charge on any atom is 0.175 e. The number of rotatable bonds is 4. The summed E-state index contributed by atoms with van der Waals surface area (Å²) < 4.78 is 22.5. The number of benzene rings is 1. The molecule has 0 aromatic heterocycles. The van der Waals surface area contributed by atoms with Crippen LogP contribution in [0.3, 0.4) is 0 Å². The molecule has 1 aromatic carbocycles. The Hall–Kier alpha value is -1.27. The fraction of sp³-hybridized carbons (Fsp3) is 0.400. The summed E-state index contributed by atoms with van der Waals surface area (Å²) in [5.41, 5.74) is 6.68. The van der Waals surface area contributed by atoms with Gasteiger partial charge in [0.15, 0.2) is 9.84 Å². The molecule has 6 heteroatoms. The van der Waals surface area contributed by atoms with E-state index in [9.17, 15) is 8.42 Å². The Morgan fingerprint density at radius 1 is 1.50 bits per heavy atom. The van der Waals surface area contributed by atoms with Gasteiger partial charge in [0.1, 0.15) is 0 Å². The molecule has 0 spiro atoms. The normalized spacial score (nSPS) is 13.4. The first kappa shape index (κ1) is 12.8. The van der Waals surface area contributed by atoms with Gasteiger partial charge in [-0.3, -0.25) is 0 Å². The molecule has 0 aliphatic heterocycles. The van der Waals surface area contributed by atoms with Crippen LogP contribution in [0.4, 0.5) is 11.4 Å². The average molecular weight is 244 g/mol. The number of hydrogen-bond acceptors (Lipinski definition) is 5. The van der Waals surface area contributed by atoms with Gasteiger partial charge in [-0.05, 0) is 25.1 Å². The van der Waals surface area contributed by atoms with Gasteiger partial charge >= 0.3 is 0 Å². The van der Waals surface area contributed by atoms with Crippen LogP contribution in [0, 0.1) is 0 Å². The summed E-state index contributed by atoms with van der Waals surface area (Å²) in [5.74, 6) is 0. The highest BCUT2D eigenvalue weighted by molar-refractivity contribution is 7.90. The molecule has 1 atom stereocenters. The Bertz CT molecular complexity index is 471. The quantitative estimate of drug-likeness (QED) is 0.669. The van der Waals surface area contributed by atoms with E-state index in [0.29, 0.717) is 11.4 Å². The van der Waals surface area contributed by atoms with Crippen LogP contribution in [-0.4, -0.2) is 32.4 Å². The second-order valence-electron chi connectivity index (χ2n) is 3.75. The molecule has 0 radical (unpaired) electrons. The zero-order valence-corrected chi connectivity index (χ0v) is 10.1. The van der Waals surface area contributed by atoms with Crippen LogP contribution in [0.1, 0.15) is 6.92 Å². The van der Waals surface area contributed by atoms with Crippen molar-refractivity contribution in [1.29, 1.82) is 0 Å². The summed E-state index contributed by atoms with van der Waals surface area (Å²) >= 11 is 0. The molecule has 1 unspecified atom stereocenters. The van der Waals surface area contributed by atoms with Crippen LogP contribution < -0.4 is 11.1 Å². The largest absolute Gasteiger partial charge is 0.397 e. The smallest absolute Gasteiger partial charge is 0.175 e. The van der Waals surface area contributed by atoms with E-state index in [1.54, 1.807) is 13.0 Å². The van der Waals surface area contributed by atoms with Crippen molar-refractivity contribution in [3.8, 4) is 0 Å². The molecule has 5 nitrogen and oxygen atoms in total. The Labute approximate surface area is 95.2 Å². The summed E-state index contributed by atoms with van der Waals surface area (Å²) in [4.78, 5) is 0.187. The summed E-state index contributed by atoms with van der Waals surface area (Å²) in [7, 11) is -3.23. The SMILES string of the molecule is CC(CO)Nc1ccc(S(C)(=O)=O)cc1N. The van der Waals surface area contributed by atoms with Crippen molar-refractivity contribution < 1.29 is 13.5 Å². The first-order valence-corrected chi connectivity index (χ1v) is 6.70. The summed E-state index contributed by atoms with van der Waals surface area (Å²) in [5, 5.41) is 11.8. The van der Waals surface area contributed by atoms with Gasteiger partial charge in [-0.2, -0.15) is 0 Å². The van der Waals surface area contributed by atoms with Crippen molar-refractivity contribution >= 4 is 21.2 Å². The van der Waals surface area contributed by atoms with E-state index in [1.807, 2.05) is 0 Å². The van der Waals surface area contributed by atoms with Crippen molar-refractivity contribution in [2.75, 3.05) is 23.9 Å². The predicted octanol–water partition coefficient (Wildman–Crippen LogP) is 0.465. The molecular weight excluding hydrogens is 228 g/mol. The van der Waals surface area contributed by atoms with Crippen LogP contribution in [0.25, 0.3) is 0 Å². The lowest BCUT2D eigenvalue weighted by Gasteiger charge is -2.14. The fourth-order valence-corrected chi connectivity index (χ4v) is 1.87. The Balaban J connectivity index is 3.01. The van der Waals surface area contributed by atoms with Crippen molar-refractivity contribution in [3.63, 3.8) is 0 Å². The maximum absolute atomic E-state index is 11.3. The lowest BCUT2D eigenvalue weighted by Crippen LogP contribution is -2.20. The highest BCUT2D eigenvalue weighted by Gasteiger charge is 2.10. The standard InChI is InChI=1S/C10H16N2O3S/c1-7(6-13)12-10-4-3-8(5-9(10)11)16(2,14)15/h3-5,7,12-13H,6,11H2,1-2H3. The average Bonchev–Trinajstić information content (AvgIpc) is 2.19. The zero-order chi connectivity index (χ0) is 12.3. The molecule has 0 saturated carbocycles. The molecule has 0 fully saturated rings. The molecule has 0 bridgehead atoms. The summed E-state index contributed by atoms with van der Waals surface area (Å²) in [6.07, 6.45) is 1.13. The minimum atomic E-state index is -3.23. The lowest BCUT2D eigenvalue weighted by atomic mass is 10.2. The van der Waals surface area contributed by atoms with Gasteiger partial charge in [0, 0.05) is 12.3 Å². The van der Waals surface area contributed by atoms with Crippen molar-refractivity contribution in [3.05, 3.63) is 18.2 Å². The summed E-state index contributed by atoms with van der Waals surface area (Å²) in [6.45, 7) is 1.77. The van der Waals surface area contributed by atoms with E-state index in [2.05, 4.69) is 5.32 Å². The second-order valence-corrected chi connectivity index (χ2v) is 5.76. The van der Waals surface area contributed by atoms with Gasteiger partial charge in [0.25, 0.3) is 0 Å². The number of nitrogen functional groups attached to an aromatic ring is 1. The maximum atomic E-state index is 11.3. The molecular formula is C10H16N2O3S. The van der Waals surface area contributed by atoms with E-state index >= 15 is 0 Å². The van der Waals surface area contributed by atoms with Gasteiger partial charge in [-0.15, -0.1) is 0 Å². The van der Waals surface area contributed by atoms with E-state index in [4.69, 9.17) is 10.8 Å². The summed E-state index contributed by atoms with van der Waals surface area (Å²) in [6, 6.07) is 4.35. The minimum absolute atomic E-state index is 0.0206.